The van der Waals surface area contributed by atoms with Crippen LogP contribution >= 0.6 is 0 Å². The number of benzene rings is 1. The highest BCUT2D eigenvalue weighted by Crippen LogP contribution is 2.16. The molecule has 2 amide bonds. The molecule has 110 valence electrons. The van der Waals surface area contributed by atoms with E-state index in [2.05, 4.69) is 16.7 Å². The predicted octanol–water partition coefficient (Wildman–Crippen LogP) is 1.42. The zero-order chi connectivity index (χ0) is 14.5. The summed E-state index contributed by atoms with van der Waals surface area (Å²) in [7, 11) is 0. The van der Waals surface area contributed by atoms with Crippen LogP contribution in [0.5, 0.6) is 0 Å². The number of rotatable bonds is 4. The molecule has 0 bridgehead atoms. The normalized spacial score (nSPS) is 19.6. The van der Waals surface area contributed by atoms with Gasteiger partial charge in [0.15, 0.2) is 0 Å². The van der Waals surface area contributed by atoms with Crippen LogP contribution in [0.2, 0.25) is 0 Å². The van der Waals surface area contributed by atoms with Crippen LogP contribution in [0.25, 0.3) is 0 Å². The number of hydrogen-bond donors (Lipinski definition) is 3. The number of aliphatic hydroxyl groups excluding tert-OH is 1. The molecule has 1 aromatic carbocycles. The molecule has 5 heteroatoms. The Morgan fingerprint density at radius 2 is 2.10 bits per heavy atom. The van der Waals surface area contributed by atoms with Crippen molar-refractivity contribution in [3.8, 4) is 0 Å². The van der Waals surface area contributed by atoms with Crippen molar-refractivity contribution in [2.75, 3.05) is 19.8 Å². The lowest BCUT2D eigenvalue weighted by molar-refractivity contribution is 0.170. The van der Waals surface area contributed by atoms with Crippen molar-refractivity contribution in [2.24, 2.45) is 0 Å². The Hall–Kier alpha value is -1.59. The molecule has 0 unspecified atom stereocenters. The van der Waals surface area contributed by atoms with Crippen LogP contribution < -0.4 is 10.6 Å². The van der Waals surface area contributed by atoms with Crippen LogP contribution in [0.1, 0.15) is 29.2 Å². The van der Waals surface area contributed by atoms with Gasteiger partial charge < -0.3 is 20.5 Å². The fourth-order valence-electron chi connectivity index (χ4n) is 2.39. The second-order valence-corrected chi connectivity index (χ2v) is 5.35. The van der Waals surface area contributed by atoms with Gasteiger partial charge in [0.1, 0.15) is 0 Å². The van der Waals surface area contributed by atoms with Crippen LogP contribution in [0.4, 0.5) is 4.79 Å². The highest BCUT2D eigenvalue weighted by molar-refractivity contribution is 5.74. The van der Waals surface area contributed by atoms with Crippen molar-refractivity contribution in [1.29, 1.82) is 0 Å². The van der Waals surface area contributed by atoms with E-state index in [1.165, 1.54) is 0 Å². The van der Waals surface area contributed by atoms with E-state index in [4.69, 9.17) is 4.74 Å². The summed E-state index contributed by atoms with van der Waals surface area (Å²) in [5.74, 6) is 0. The van der Waals surface area contributed by atoms with Crippen molar-refractivity contribution in [3.63, 3.8) is 0 Å². The lowest BCUT2D eigenvalue weighted by Crippen LogP contribution is -2.43. The van der Waals surface area contributed by atoms with Crippen molar-refractivity contribution >= 4 is 6.03 Å². The summed E-state index contributed by atoms with van der Waals surface area (Å²) in [5, 5.41) is 15.6. The quantitative estimate of drug-likeness (QED) is 0.780. The molecule has 1 aliphatic heterocycles. The van der Waals surface area contributed by atoms with E-state index in [1.807, 2.05) is 26.0 Å². The summed E-state index contributed by atoms with van der Waals surface area (Å²) < 4.78 is 5.19. The molecular weight excluding hydrogens is 256 g/mol. The van der Waals surface area contributed by atoms with Gasteiger partial charge in [-0.3, -0.25) is 0 Å². The molecule has 1 aliphatic rings. The molecule has 0 saturated carbocycles. The van der Waals surface area contributed by atoms with Gasteiger partial charge in [0.2, 0.25) is 0 Å². The highest BCUT2D eigenvalue weighted by atomic mass is 16.5. The molecule has 1 heterocycles. The number of ether oxygens (including phenoxy) is 1. The number of carbonyl (C=O) groups excluding carboxylic acids is 1. The third-order valence-corrected chi connectivity index (χ3v) is 3.35. The average molecular weight is 278 g/mol. The number of aryl methyl sites for hydroxylation is 2. The Bertz CT molecular complexity index is 450. The van der Waals surface area contributed by atoms with Gasteiger partial charge in [0, 0.05) is 13.2 Å². The van der Waals surface area contributed by atoms with Crippen LogP contribution in [0.3, 0.4) is 0 Å². The first kappa shape index (κ1) is 14.8. The SMILES string of the molecule is Cc1cc(C)cc([C@@H](O)CNC(=O)N[C@H]2CCOC2)c1. The number of nitrogens with one attached hydrogen (secondary N) is 2. The number of aliphatic hydroxyl groups is 1. The third-order valence-electron chi connectivity index (χ3n) is 3.35. The molecule has 1 fully saturated rings. The topological polar surface area (TPSA) is 70.6 Å². The van der Waals surface area contributed by atoms with E-state index in [0.717, 1.165) is 23.1 Å². The Balaban J connectivity index is 1.81. The molecule has 2 rings (SSSR count). The van der Waals surface area contributed by atoms with E-state index >= 15 is 0 Å². The molecule has 0 radical (unpaired) electrons. The van der Waals surface area contributed by atoms with Crippen LogP contribution in [0, 0.1) is 13.8 Å². The van der Waals surface area contributed by atoms with Gasteiger partial charge in [0.25, 0.3) is 0 Å². The smallest absolute Gasteiger partial charge is 0.315 e. The van der Waals surface area contributed by atoms with Gasteiger partial charge in [-0.25, -0.2) is 4.79 Å². The summed E-state index contributed by atoms with van der Waals surface area (Å²) in [6.07, 6.45) is 0.145. The number of amides is 2. The van der Waals surface area contributed by atoms with Crippen LogP contribution in [0.15, 0.2) is 18.2 Å². The minimum Gasteiger partial charge on any atom is -0.387 e. The molecule has 20 heavy (non-hydrogen) atoms. The lowest BCUT2D eigenvalue weighted by atomic mass is 10.0. The predicted molar refractivity (Wildman–Crippen MR) is 76.6 cm³/mol. The maximum Gasteiger partial charge on any atom is 0.315 e. The molecule has 3 N–H and O–H groups in total. The van der Waals surface area contributed by atoms with Gasteiger partial charge in [-0.15, -0.1) is 0 Å². The van der Waals surface area contributed by atoms with Gasteiger partial charge in [-0.05, 0) is 25.8 Å². The maximum absolute atomic E-state index is 11.7. The van der Waals surface area contributed by atoms with Gasteiger partial charge in [-0.1, -0.05) is 29.3 Å². The van der Waals surface area contributed by atoms with Gasteiger partial charge in [-0.2, -0.15) is 0 Å². The summed E-state index contributed by atoms with van der Waals surface area (Å²) in [6, 6.07) is 5.73. The highest BCUT2D eigenvalue weighted by Gasteiger charge is 2.18. The number of urea groups is 1. The van der Waals surface area contributed by atoms with Crippen LogP contribution in [-0.2, 0) is 4.74 Å². The van der Waals surface area contributed by atoms with Gasteiger partial charge in [0.05, 0.1) is 18.8 Å². The zero-order valence-corrected chi connectivity index (χ0v) is 12.0. The molecule has 1 aromatic rings. The van der Waals surface area contributed by atoms with E-state index in [0.29, 0.717) is 13.2 Å². The Morgan fingerprint density at radius 1 is 1.40 bits per heavy atom. The summed E-state index contributed by atoms with van der Waals surface area (Å²) in [4.78, 5) is 11.7. The Morgan fingerprint density at radius 3 is 2.70 bits per heavy atom. The molecule has 1 saturated heterocycles. The molecule has 5 nitrogen and oxygen atoms in total. The van der Waals surface area contributed by atoms with Crippen molar-refractivity contribution < 1.29 is 14.6 Å². The van der Waals surface area contributed by atoms with Gasteiger partial charge >= 0.3 is 6.03 Å². The lowest BCUT2D eigenvalue weighted by Gasteiger charge is -2.16. The third kappa shape index (κ3) is 4.21. The van der Waals surface area contributed by atoms with E-state index < -0.39 is 6.10 Å². The second-order valence-electron chi connectivity index (χ2n) is 5.35. The van der Waals surface area contributed by atoms with E-state index in [9.17, 15) is 9.90 Å². The largest absolute Gasteiger partial charge is 0.387 e. The fraction of sp³-hybridized carbons (Fsp3) is 0.533. The Kier molecular flexibility index (Phi) is 4.98. The number of hydrogen-bond acceptors (Lipinski definition) is 3. The fourth-order valence-corrected chi connectivity index (χ4v) is 2.39. The second kappa shape index (κ2) is 6.72. The first-order chi connectivity index (χ1) is 9.54. The van der Waals surface area contributed by atoms with Crippen LogP contribution in [-0.4, -0.2) is 36.9 Å². The molecular formula is C15H22N2O3. The molecule has 2 atom stereocenters. The maximum atomic E-state index is 11.7. The average Bonchev–Trinajstić information content (AvgIpc) is 2.87. The molecule has 0 spiro atoms. The number of carbonyl (C=O) groups is 1. The zero-order valence-electron chi connectivity index (χ0n) is 12.0. The standard InChI is InChI=1S/C15H22N2O3/c1-10-5-11(2)7-12(6-10)14(18)8-16-15(19)17-13-3-4-20-9-13/h5-7,13-14,18H,3-4,8-9H2,1-2H3,(H2,16,17,19)/t13-,14-/m0/s1. The van der Waals surface area contributed by atoms with E-state index in [-0.39, 0.29) is 18.6 Å². The van der Waals surface area contributed by atoms with E-state index in [1.54, 1.807) is 0 Å². The first-order valence-corrected chi connectivity index (χ1v) is 6.93. The molecule has 0 aromatic heterocycles. The minimum absolute atomic E-state index is 0.0772. The van der Waals surface area contributed by atoms with Crippen molar-refractivity contribution in [1.82, 2.24) is 10.6 Å². The summed E-state index contributed by atoms with van der Waals surface area (Å²) >= 11 is 0. The summed E-state index contributed by atoms with van der Waals surface area (Å²) in [6.45, 7) is 5.43. The monoisotopic (exact) mass is 278 g/mol. The Labute approximate surface area is 119 Å². The van der Waals surface area contributed by atoms with Crippen molar-refractivity contribution in [3.05, 3.63) is 34.9 Å². The molecule has 0 aliphatic carbocycles. The van der Waals surface area contributed by atoms with Crippen molar-refractivity contribution in [2.45, 2.75) is 32.4 Å². The first-order valence-electron chi connectivity index (χ1n) is 6.93. The summed E-state index contributed by atoms with van der Waals surface area (Å²) in [5.41, 5.74) is 3.03. The minimum atomic E-state index is -0.695.